The molecule has 13 heteroatoms. The van der Waals surface area contributed by atoms with Crippen LogP contribution in [-0.4, -0.2) is 88.2 Å². The van der Waals surface area contributed by atoms with E-state index >= 15 is 0 Å². The highest BCUT2D eigenvalue weighted by Crippen LogP contribution is 2.50. The van der Waals surface area contributed by atoms with Gasteiger partial charge < -0.3 is 38.3 Å². The molecule has 0 spiro atoms. The summed E-state index contributed by atoms with van der Waals surface area (Å²) >= 11 is 0. The fourth-order valence-electron chi connectivity index (χ4n) is 9.35. The molecule has 0 aliphatic carbocycles. The molecule has 58 heavy (non-hydrogen) atoms. The third-order valence-corrected chi connectivity index (χ3v) is 12.5. The Morgan fingerprint density at radius 1 is 0.879 bits per heavy atom. The quantitative estimate of drug-likeness (QED) is 0.194. The van der Waals surface area contributed by atoms with Gasteiger partial charge in [0.15, 0.2) is 41.1 Å². The van der Waals surface area contributed by atoms with E-state index < -0.39 is 12.8 Å². The van der Waals surface area contributed by atoms with E-state index in [9.17, 15) is 18.3 Å². The highest BCUT2D eigenvalue weighted by atomic mass is 19.4. The first-order valence-electron chi connectivity index (χ1n) is 20.2. The molecule has 5 aliphatic heterocycles. The molecule has 312 valence electrons. The summed E-state index contributed by atoms with van der Waals surface area (Å²) in [4.78, 5) is 4.76. The maximum atomic E-state index is 13.1. The van der Waals surface area contributed by atoms with Crippen molar-refractivity contribution in [3.05, 3.63) is 92.8 Å². The first kappa shape index (κ1) is 40.2. The molecule has 10 nitrogen and oxygen atoms in total. The van der Waals surface area contributed by atoms with Crippen LogP contribution in [-0.2, 0) is 30.7 Å². The molecule has 0 amide bonds. The predicted octanol–water partition coefficient (Wildman–Crippen LogP) is 8.04. The van der Waals surface area contributed by atoms with Crippen LogP contribution in [0.3, 0.4) is 0 Å². The lowest BCUT2D eigenvalue weighted by molar-refractivity contribution is -0.153. The molecule has 5 aliphatic rings. The van der Waals surface area contributed by atoms with E-state index in [1.54, 1.807) is 19.2 Å². The Morgan fingerprint density at radius 2 is 1.53 bits per heavy atom. The second-order valence-corrected chi connectivity index (χ2v) is 16.1. The van der Waals surface area contributed by atoms with Crippen molar-refractivity contribution in [2.75, 3.05) is 61.0 Å². The van der Waals surface area contributed by atoms with Gasteiger partial charge in [-0.05, 0) is 133 Å². The summed E-state index contributed by atoms with van der Waals surface area (Å²) in [6.45, 7) is 5.86. The molecule has 4 atom stereocenters. The van der Waals surface area contributed by atoms with E-state index in [-0.39, 0.29) is 55.4 Å². The molecule has 5 heterocycles. The number of aliphatic hydroxyl groups excluding tert-OH is 1. The number of methoxy groups -OCH3 is 2. The van der Waals surface area contributed by atoms with Gasteiger partial charge in [-0.15, -0.1) is 0 Å². The van der Waals surface area contributed by atoms with Crippen molar-refractivity contribution in [3.8, 4) is 34.5 Å². The first-order chi connectivity index (χ1) is 28.0. The zero-order valence-electron chi connectivity index (χ0n) is 33.9. The van der Waals surface area contributed by atoms with E-state index in [0.29, 0.717) is 42.5 Å². The molecule has 8 rings (SSSR count). The maximum Gasteiger partial charge on any atom is 0.422 e. The number of rotatable bonds is 12. The molecule has 3 aromatic rings. The number of fused-ring (bicyclic) bond motifs is 6. The number of aliphatic hydroxyl groups is 1. The number of nitrogens with zero attached hydrogens (tertiary/aromatic N) is 2. The Kier molecular flexibility index (Phi) is 11.5. The van der Waals surface area contributed by atoms with Crippen LogP contribution in [0.1, 0.15) is 78.5 Å². The van der Waals surface area contributed by atoms with Crippen LogP contribution in [0.5, 0.6) is 34.5 Å². The van der Waals surface area contributed by atoms with Crippen molar-refractivity contribution in [2.45, 2.75) is 83.2 Å². The van der Waals surface area contributed by atoms with Crippen molar-refractivity contribution < 1.29 is 51.4 Å². The van der Waals surface area contributed by atoms with Gasteiger partial charge in [0.05, 0.1) is 27.4 Å². The van der Waals surface area contributed by atoms with Gasteiger partial charge in [0.1, 0.15) is 5.76 Å². The monoisotopic (exact) mass is 806 g/mol. The van der Waals surface area contributed by atoms with Gasteiger partial charge >= 0.3 is 6.18 Å². The van der Waals surface area contributed by atoms with Gasteiger partial charge in [0.25, 0.3) is 0 Å². The third kappa shape index (κ3) is 8.05. The summed E-state index contributed by atoms with van der Waals surface area (Å²) in [6.07, 6.45) is 2.18. The van der Waals surface area contributed by atoms with E-state index in [0.717, 1.165) is 66.8 Å². The second kappa shape index (κ2) is 16.6. The van der Waals surface area contributed by atoms with Crippen LogP contribution < -0.4 is 28.4 Å². The molecule has 0 bridgehead atoms. The molecular formula is C45H53F3N2O8. The van der Waals surface area contributed by atoms with Crippen molar-refractivity contribution in [3.63, 3.8) is 0 Å². The number of hydrogen-bond acceptors (Lipinski definition) is 10. The van der Waals surface area contributed by atoms with Crippen LogP contribution in [0.25, 0.3) is 0 Å². The van der Waals surface area contributed by atoms with Gasteiger partial charge in [0, 0.05) is 50.2 Å². The van der Waals surface area contributed by atoms with Gasteiger partial charge in [-0.25, -0.2) is 0 Å². The number of halogens is 3. The molecule has 3 aromatic carbocycles. The standard InChI is InChI=1S/C45H53F3N2O8/c1-6-27(12-38-26(2)8-7-9-54-38)36-10-28-13-41(39(52-4)15-30(28)19-49(36)3)55-23-32(22-51)35-21-50-20-31-16-40(53-5)42(56-24-45(46,47)48)14-29(31)11-37(50)34-18-44-43(17-33(34)35)57-25-58-44/h12-18,32,35-37,51H,6-11,19-25H2,1-5H3. The van der Waals surface area contributed by atoms with Crippen LogP contribution in [0.2, 0.25) is 0 Å². The molecule has 0 saturated carbocycles. The second-order valence-electron chi connectivity index (χ2n) is 16.1. The Hall–Kier alpha value is -4.59. The predicted molar refractivity (Wildman–Crippen MR) is 211 cm³/mol. The van der Waals surface area contributed by atoms with Crippen LogP contribution in [0.15, 0.2) is 59.4 Å². The Bertz CT molecular complexity index is 2080. The summed E-state index contributed by atoms with van der Waals surface area (Å²) in [7, 11) is 5.25. The lowest BCUT2D eigenvalue weighted by atomic mass is 9.75. The number of alkyl halides is 3. The van der Waals surface area contributed by atoms with E-state index in [1.807, 2.05) is 12.1 Å². The topological polar surface area (TPSA) is 91.3 Å². The summed E-state index contributed by atoms with van der Waals surface area (Å²) in [5.41, 5.74) is 8.97. The molecule has 1 N–H and O–H groups in total. The Morgan fingerprint density at radius 3 is 2.19 bits per heavy atom. The number of benzene rings is 3. The minimum atomic E-state index is -4.48. The largest absolute Gasteiger partial charge is 0.494 e. The van der Waals surface area contributed by atoms with Gasteiger partial charge in [-0.2, -0.15) is 13.2 Å². The summed E-state index contributed by atoms with van der Waals surface area (Å²) in [6, 6.07) is 11.8. The smallest absolute Gasteiger partial charge is 0.422 e. The lowest BCUT2D eigenvalue weighted by Gasteiger charge is -2.46. The van der Waals surface area contributed by atoms with Gasteiger partial charge in [-0.3, -0.25) is 9.80 Å². The Labute approximate surface area is 338 Å². The van der Waals surface area contributed by atoms with E-state index in [1.165, 1.54) is 29.4 Å². The molecule has 0 aromatic heterocycles. The van der Waals surface area contributed by atoms with E-state index in [2.05, 4.69) is 48.9 Å². The first-order valence-corrected chi connectivity index (χ1v) is 20.2. The highest BCUT2D eigenvalue weighted by Gasteiger charge is 2.41. The number of likely N-dealkylation sites (N-methyl/N-ethyl adjacent to an activating group) is 1. The lowest BCUT2D eigenvalue weighted by Crippen LogP contribution is -2.44. The molecule has 0 saturated heterocycles. The molecular weight excluding hydrogens is 753 g/mol. The summed E-state index contributed by atoms with van der Waals surface area (Å²) in [5, 5.41) is 11.0. The SMILES string of the molecule is CCC(=CC1=C(C)CCCO1)C1Cc2cc(OCC(CO)C3CN4Cc5cc(OC)c(OCC(F)(F)F)cc5CC4c4cc5c(cc43)OCO5)c(OC)cc2CN1C. The van der Waals surface area contributed by atoms with Crippen molar-refractivity contribution in [1.29, 1.82) is 0 Å². The maximum absolute atomic E-state index is 13.1. The minimum Gasteiger partial charge on any atom is -0.494 e. The average Bonchev–Trinajstić information content (AvgIpc) is 3.68. The highest BCUT2D eigenvalue weighted by molar-refractivity contribution is 5.55. The average molecular weight is 807 g/mol. The fraction of sp³-hybridized carbons (Fsp3) is 0.511. The van der Waals surface area contributed by atoms with Crippen molar-refractivity contribution >= 4 is 0 Å². The van der Waals surface area contributed by atoms with Crippen LogP contribution in [0, 0.1) is 5.92 Å². The Balaban J connectivity index is 1.05. The summed E-state index contributed by atoms with van der Waals surface area (Å²) in [5.74, 6) is 3.48. The number of ether oxygens (including phenoxy) is 7. The van der Waals surface area contributed by atoms with Gasteiger partial charge in [-0.1, -0.05) is 6.92 Å². The third-order valence-electron chi connectivity index (χ3n) is 12.5. The van der Waals surface area contributed by atoms with Crippen molar-refractivity contribution in [2.24, 2.45) is 5.92 Å². The zero-order chi connectivity index (χ0) is 40.7. The molecule has 0 fully saturated rings. The molecule has 0 radical (unpaired) electrons. The fourth-order valence-corrected chi connectivity index (χ4v) is 9.35. The van der Waals surface area contributed by atoms with Gasteiger partial charge in [0.2, 0.25) is 6.79 Å². The number of hydrogen-bond donors (Lipinski definition) is 1. The summed E-state index contributed by atoms with van der Waals surface area (Å²) < 4.78 is 80.2. The normalized spacial score (nSPS) is 22.3. The number of allylic oxidation sites excluding steroid dienone is 2. The van der Waals surface area contributed by atoms with Crippen molar-refractivity contribution in [1.82, 2.24) is 9.80 Å². The molecule has 4 unspecified atom stereocenters. The minimum absolute atomic E-state index is 0.0633. The zero-order valence-corrected chi connectivity index (χ0v) is 33.9. The van der Waals surface area contributed by atoms with Crippen LogP contribution >= 0.6 is 0 Å². The van der Waals surface area contributed by atoms with E-state index in [4.69, 9.17) is 33.2 Å². The van der Waals surface area contributed by atoms with Crippen LogP contribution in [0.4, 0.5) is 13.2 Å².